The Balaban J connectivity index is 1.25. The van der Waals surface area contributed by atoms with Gasteiger partial charge < -0.3 is 5.32 Å². The molecular formula is C39H29ClF8N10O4S. The third kappa shape index (κ3) is 7.34. The van der Waals surface area contributed by atoms with E-state index in [0.29, 0.717) is 15.4 Å². The van der Waals surface area contributed by atoms with Gasteiger partial charge in [-0.3, -0.25) is 28.2 Å². The van der Waals surface area contributed by atoms with Crippen LogP contribution in [-0.4, -0.2) is 59.5 Å². The number of alkyl halides is 6. The summed E-state index contributed by atoms with van der Waals surface area (Å²) in [5, 5.41) is 14.1. The molecule has 3 aromatic carbocycles. The first-order valence-corrected chi connectivity index (χ1v) is 21.0. The summed E-state index contributed by atoms with van der Waals surface area (Å²) in [5.74, 6) is -9.46. The van der Waals surface area contributed by atoms with Crippen molar-refractivity contribution in [1.29, 1.82) is 0 Å². The number of nitrogens with zero attached hydrogens (tertiary/aromatic N) is 8. The monoisotopic (exact) mass is 920 g/mol. The Hall–Kier alpha value is -6.36. The molecule has 1 saturated carbocycles. The maximum atomic E-state index is 15.5. The molecule has 328 valence electrons. The van der Waals surface area contributed by atoms with E-state index in [1.165, 1.54) is 42.1 Å². The molecule has 24 heteroatoms. The van der Waals surface area contributed by atoms with Gasteiger partial charge in [0.15, 0.2) is 5.82 Å². The van der Waals surface area contributed by atoms with Crippen LogP contribution in [-0.2, 0) is 40.8 Å². The minimum absolute atomic E-state index is 0.0144. The Labute approximate surface area is 354 Å². The molecule has 0 spiro atoms. The molecule has 0 bridgehead atoms. The largest absolute Gasteiger partial charge is 0.344 e. The fourth-order valence-electron chi connectivity index (χ4n) is 8.35. The number of sulfonamides is 1. The molecule has 2 aliphatic rings. The predicted molar refractivity (Wildman–Crippen MR) is 210 cm³/mol. The van der Waals surface area contributed by atoms with Crippen LogP contribution in [0.5, 0.6) is 0 Å². The van der Waals surface area contributed by atoms with E-state index in [1.807, 2.05) is 0 Å². The highest BCUT2D eigenvalue weighted by molar-refractivity contribution is 7.92. The molecule has 7 aromatic rings. The summed E-state index contributed by atoms with van der Waals surface area (Å²) in [6.45, 7) is -4.02. The van der Waals surface area contributed by atoms with E-state index in [4.69, 9.17) is 16.6 Å². The third-order valence-corrected chi connectivity index (χ3v) is 11.8. The lowest BCUT2D eigenvalue weighted by Crippen LogP contribution is -2.38. The fraction of sp³-hybridized carbons (Fsp3) is 0.282. The van der Waals surface area contributed by atoms with Gasteiger partial charge in [-0.05, 0) is 59.9 Å². The highest BCUT2D eigenvalue weighted by Crippen LogP contribution is 2.68. The van der Waals surface area contributed by atoms with Crippen LogP contribution in [0, 0.1) is 17.6 Å². The summed E-state index contributed by atoms with van der Waals surface area (Å²) in [5.41, 5.74) is -2.64. The van der Waals surface area contributed by atoms with Gasteiger partial charge in [-0.1, -0.05) is 17.7 Å². The number of hydrogen-bond acceptors (Lipinski definition) is 8. The number of rotatable bonds is 12. The van der Waals surface area contributed by atoms with Gasteiger partial charge in [-0.2, -0.15) is 32.9 Å². The van der Waals surface area contributed by atoms with Gasteiger partial charge in [0.25, 0.3) is 17.9 Å². The first kappa shape index (κ1) is 42.0. The Morgan fingerprint density at radius 1 is 1.02 bits per heavy atom. The number of fused-ring (bicyclic) bond motifs is 5. The van der Waals surface area contributed by atoms with Gasteiger partial charge in [0.1, 0.15) is 35.4 Å². The van der Waals surface area contributed by atoms with Crippen molar-refractivity contribution in [2.45, 2.75) is 50.2 Å². The Morgan fingerprint density at radius 3 is 2.41 bits per heavy atom. The third-order valence-electron chi connectivity index (χ3n) is 10.9. The average molecular weight is 921 g/mol. The number of halogens is 9. The minimum atomic E-state index is -3.95. The SMILES string of the molecule is Cn1nc(NS(C)(=O)=O)c2c(Cl)ccc(-n3c([C@H](Cc4cc(F)cc(F)c4)NC(=O)Cn4nc(C(F)F)c5c4C(F)(F)[C@H]4C[C@H]54)nc4cc(-c5cnn(C(F)F)c5)ccc4c3=O)c21. The zero-order valence-electron chi connectivity index (χ0n) is 32.3. The van der Waals surface area contributed by atoms with Crippen LogP contribution in [0.1, 0.15) is 59.7 Å². The number of aromatic nitrogens is 8. The van der Waals surface area contributed by atoms with Crippen molar-refractivity contribution in [3.63, 3.8) is 0 Å². The van der Waals surface area contributed by atoms with E-state index in [2.05, 4.69) is 25.3 Å². The van der Waals surface area contributed by atoms with E-state index in [1.54, 1.807) is 0 Å². The zero-order valence-corrected chi connectivity index (χ0v) is 33.9. The van der Waals surface area contributed by atoms with Gasteiger partial charge in [-0.25, -0.2) is 35.6 Å². The summed E-state index contributed by atoms with van der Waals surface area (Å²) in [6.07, 6.45) is -0.760. The van der Waals surface area contributed by atoms with E-state index in [9.17, 15) is 44.3 Å². The van der Waals surface area contributed by atoms with E-state index >= 15 is 8.78 Å². The molecule has 3 atom stereocenters. The molecule has 4 aromatic heterocycles. The number of benzene rings is 3. The van der Waals surface area contributed by atoms with Crippen molar-refractivity contribution >= 4 is 55.2 Å². The summed E-state index contributed by atoms with van der Waals surface area (Å²) in [7, 11) is -2.54. The lowest BCUT2D eigenvalue weighted by atomic mass is 10.0. The standard InChI is InChI=1S/C39H29ClF8N10O4S/c1-55-32-27(6-5-24(40)30(32)35(53-55)54-63(2,61)62)58-36(51-25-10-17(3-4-21(25)37(58)60)18-13-49-57(14-18)38(45)46)26(9-16-7-19(41)11-20(42)8-16)50-28(59)15-56-33-29(31(52-56)34(43)44)22-12-23(22)39(33,47)48/h3-8,10-11,13-14,22-23,26,34,38H,9,12,15H2,1-2H3,(H,50,59)(H,53,54)/t22-,23-,26-/m0/s1. The fourth-order valence-corrected chi connectivity index (χ4v) is 9.09. The van der Waals surface area contributed by atoms with Crippen LogP contribution >= 0.6 is 11.6 Å². The highest BCUT2D eigenvalue weighted by Gasteiger charge is 2.67. The molecule has 9 rings (SSSR count). The molecule has 0 aliphatic heterocycles. The van der Waals surface area contributed by atoms with Gasteiger partial charge in [0.2, 0.25) is 15.9 Å². The number of carbonyl (C=O) groups excluding carboxylic acids is 1. The molecule has 0 radical (unpaired) electrons. The number of hydrogen-bond donors (Lipinski definition) is 2. The number of aryl methyl sites for hydroxylation is 1. The van der Waals surface area contributed by atoms with Crippen LogP contribution in [0.15, 0.2) is 65.7 Å². The van der Waals surface area contributed by atoms with Crippen molar-refractivity contribution < 1.29 is 48.3 Å². The van der Waals surface area contributed by atoms with Crippen LogP contribution in [0.2, 0.25) is 5.02 Å². The van der Waals surface area contributed by atoms with Gasteiger partial charge in [-0.15, -0.1) is 0 Å². The molecule has 1 amide bonds. The summed E-state index contributed by atoms with van der Waals surface area (Å²) < 4.78 is 146. The molecule has 63 heavy (non-hydrogen) atoms. The smallest absolute Gasteiger partial charge is 0.333 e. The van der Waals surface area contributed by atoms with Crippen molar-refractivity contribution in [2.24, 2.45) is 13.0 Å². The second-order valence-corrected chi connectivity index (χ2v) is 17.4. The van der Waals surface area contributed by atoms with Crippen LogP contribution in [0.25, 0.3) is 38.6 Å². The van der Waals surface area contributed by atoms with Crippen molar-refractivity contribution in [3.8, 4) is 16.8 Å². The molecule has 0 saturated heterocycles. The molecule has 2 aliphatic carbocycles. The number of anilines is 1. The second-order valence-electron chi connectivity index (χ2n) is 15.2. The average Bonchev–Trinajstić information content (AvgIpc) is 3.42. The highest BCUT2D eigenvalue weighted by atomic mass is 35.5. The summed E-state index contributed by atoms with van der Waals surface area (Å²) >= 11 is 6.59. The number of carbonyl (C=O) groups is 1. The molecule has 4 heterocycles. The molecule has 1 fully saturated rings. The van der Waals surface area contributed by atoms with E-state index < -0.39 is 94.3 Å². The second kappa shape index (κ2) is 14.9. The first-order valence-electron chi connectivity index (χ1n) is 18.7. The van der Waals surface area contributed by atoms with E-state index in [0.717, 1.165) is 35.3 Å². The molecule has 0 unspecified atom stereocenters. The van der Waals surface area contributed by atoms with Gasteiger partial charge in [0, 0.05) is 42.8 Å². The quantitative estimate of drug-likeness (QED) is 0.121. The van der Waals surface area contributed by atoms with Gasteiger partial charge >= 0.3 is 6.55 Å². The van der Waals surface area contributed by atoms with E-state index in [-0.39, 0.29) is 72.8 Å². The maximum absolute atomic E-state index is 15.5. The minimum Gasteiger partial charge on any atom is -0.344 e. The van der Waals surface area contributed by atoms with Crippen molar-refractivity contribution in [3.05, 3.63) is 116 Å². The lowest BCUT2D eigenvalue weighted by Gasteiger charge is -2.24. The Kier molecular flexibility index (Phi) is 9.92. The molecule has 14 nitrogen and oxygen atoms in total. The first-order chi connectivity index (χ1) is 29.7. The molecular weight excluding hydrogens is 892 g/mol. The van der Waals surface area contributed by atoms with Crippen LogP contribution in [0.4, 0.5) is 40.9 Å². The van der Waals surface area contributed by atoms with Crippen molar-refractivity contribution in [1.82, 2.24) is 44.2 Å². The maximum Gasteiger partial charge on any atom is 0.333 e. The predicted octanol–water partition coefficient (Wildman–Crippen LogP) is 7.28. The Morgan fingerprint density at radius 2 is 1.75 bits per heavy atom. The van der Waals surface area contributed by atoms with Crippen LogP contribution in [0.3, 0.4) is 0 Å². The van der Waals surface area contributed by atoms with Crippen LogP contribution < -0.4 is 15.6 Å². The normalized spacial score (nSPS) is 17.2. The Bertz CT molecular complexity index is 3200. The zero-order chi connectivity index (χ0) is 45.0. The topological polar surface area (TPSA) is 164 Å². The summed E-state index contributed by atoms with van der Waals surface area (Å²) in [6, 6.07) is 7.63. The number of nitrogens with one attached hydrogen (secondary N) is 2. The lowest BCUT2D eigenvalue weighted by molar-refractivity contribution is -0.123. The number of amides is 1. The van der Waals surface area contributed by atoms with Crippen molar-refractivity contribution in [2.75, 3.05) is 11.0 Å². The summed E-state index contributed by atoms with van der Waals surface area (Å²) in [4.78, 5) is 33.8. The molecule has 2 N–H and O–H groups in total. The van der Waals surface area contributed by atoms with Gasteiger partial charge in [0.05, 0.1) is 51.0 Å².